The quantitative estimate of drug-likeness (QED) is 0.739. The van der Waals surface area contributed by atoms with Crippen LogP contribution >= 0.6 is 0 Å². The molecule has 78 valence electrons. The van der Waals surface area contributed by atoms with E-state index in [1.54, 1.807) is 17.8 Å². The van der Waals surface area contributed by atoms with Crippen LogP contribution in [0.3, 0.4) is 0 Å². The number of aliphatic carboxylic acids is 1. The Morgan fingerprint density at radius 1 is 1.64 bits per heavy atom. The summed E-state index contributed by atoms with van der Waals surface area (Å²) >= 11 is 0. The van der Waals surface area contributed by atoms with E-state index in [9.17, 15) is 4.79 Å². The first-order valence-electron chi connectivity index (χ1n) is 4.49. The van der Waals surface area contributed by atoms with Crippen molar-refractivity contribution in [2.45, 2.75) is 25.9 Å². The van der Waals surface area contributed by atoms with Crippen LogP contribution in [0.4, 0.5) is 0 Å². The van der Waals surface area contributed by atoms with Crippen molar-refractivity contribution in [3.05, 3.63) is 18.0 Å². The summed E-state index contributed by atoms with van der Waals surface area (Å²) in [4.78, 5) is 10.6. The van der Waals surface area contributed by atoms with Crippen LogP contribution in [0.1, 0.15) is 25.6 Å². The predicted molar refractivity (Wildman–Crippen MR) is 51.9 cm³/mol. The van der Waals surface area contributed by atoms with Crippen LogP contribution in [0.5, 0.6) is 0 Å². The Kier molecular flexibility index (Phi) is 3.24. The van der Waals surface area contributed by atoms with Crippen molar-refractivity contribution in [2.75, 3.05) is 0 Å². The van der Waals surface area contributed by atoms with E-state index in [0.29, 0.717) is 0 Å². The van der Waals surface area contributed by atoms with Gasteiger partial charge in [0.25, 0.3) is 0 Å². The lowest BCUT2D eigenvalue weighted by Gasteiger charge is -2.16. The first-order chi connectivity index (χ1) is 6.52. The summed E-state index contributed by atoms with van der Waals surface area (Å²) in [6, 6.07) is 1.29. The van der Waals surface area contributed by atoms with Crippen molar-refractivity contribution in [1.29, 1.82) is 0 Å². The van der Waals surface area contributed by atoms with Crippen LogP contribution in [-0.2, 0) is 11.8 Å². The Labute approximate surface area is 82.7 Å². The molecule has 2 atom stereocenters. The van der Waals surface area contributed by atoms with Gasteiger partial charge in [-0.1, -0.05) is 0 Å². The zero-order valence-corrected chi connectivity index (χ0v) is 8.56. The molecular weight excluding hydrogens is 182 g/mol. The molecule has 5 nitrogen and oxygen atoms in total. The molecule has 1 heterocycles. The molecule has 0 bridgehead atoms. The number of aromatic nitrogens is 2. The van der Waals surface area contributed by atoms with Gasteiger partial charge >= 0.3 is 5.97 Å². The monoisotopic (exact) mass is 197 g/mol. The molecule has 0 aliphatic carbocycles. The molecule has 2 unspecified atom stereocenters. The van der Waals surface area contributed by atoms with Gasteiger partial charge in [-0.3, -0.25) is 14.8 Å². The van der Waals surface area contributed by atoms with E-state index < -0.39 is 12.0 Å². The third kappa shape index (κ3) is 2.32. The molecule has 0 spiro atoms. The summed E-state index contributed by atoms with van der Waals surface area (Å²) in [6.07, 6.45) is 1.69. The molecule has 2 N–H and O–H groups in total. The normalized spacial score (nSPS) is 15.1. The van der Waals surface area contributed by atoms with Gasteiger partial charge in [-0.2, -0.15) is 5.10 Å². The smallest absolute Gasteiger partial charge is 0.320 e. The number of carboxylic acid groups (broad SMARTS) is 1. The van der Waals surface area contributed by atoms with Crippen molar-refractivity contribution in [2.24, 2.45) is 7.05 Å². The Morgan fingerprint density at radius 2 is 2.29 bits per heavy atom. The Morgan fingerprint density at radius 3 is 2.71 bits per heavy atom. The second-order valence-corrected chi connectivity index (χ2v) is 3.33. The topological polar surface area (TPSA) is 67.2 Å². The van der Waals surface area contributed by atoms with E-state index in [1.807, 2.05) is 20.0 Å². The summed E-state index contributed by atoms with van der Waals surface area (Å²) in [5.41, 5.74) is 0.970. The maximum absolute atomic E-state index is 10.6. The molecule has 0 aromatic carbocycles. The summed E-state index contributed by atoms with van der Waals surface area (Å²) in [7, 11) is 1.83. The number of nitrogens with zero attached hydrogens (tertiary/aromatic N) is 2. The van der Waals surface area contributed by atoms with Crippen molar-refractivity contribution >= 4 is 5.97 Å². The zero-order valence-electron chi connectivity index (χ0n) is 8.56. The number of carboxylic acids is 1. The van der Waals surface area contributed by atoms with Crippen LogP contribution < -0.4 is 5.32 Å². The van der Waals surface area contributed by atoms with Gasteiger partial charge in [0.15, 0.2) is 0 Å². The zero-order chi connectivity index (χ0) is 10.7. The molecule has 1 aromatic rings. The van der Waals surface area contributed by atoms with E-state index in [-0.39, 0.29) is 6.04 Å². The third-order valence-electron chi connectivity index (χ3n) is 2.17. The number of nitrogens with one attached hydrogen (secondary N) is 1. The third-order valence-corrected chi connectivity index (χ3v) is 2.17. The molecule has 0 saturated heterocycles. The summed E-state index contributed by atoms with van der Waals surface area (Å²) < 4.78 is 1.73. The van der Waals surface area contributed by atoms with Gasteiger partial charge in [0.05, 0.1) is 5.69 Å². The fourth-order valence-electron chi connectivity index (χ4n) is 1.34. The van der Waals surface area contributed by atoms with Crippen molar-refractivity contribution < 1.29 is 9.90 Å². The lowest BCUT2D eigenvalue weighted by Crippen LogP contribution is -2.36. The fraction of sp³-hybridized carbons (Fsp3) is 0.556. The SMILES string of the molecule is CC(NC(C)c1ccnn1C)C(=O)O. The lowest BCUT2D eigenvalue weighted by atomic mass is 10.2. The number of hydrogen-bond acceptors (Lipinski definition) is 3. The van der Waals surface area contributed by atoms with Crippen LogP contribution in [0.2, 0.25) is 0 Å². The molecule has 1 aromatic heterocycles. The van der Waals surface area contributed by atoms with Crippen molar-refractivity contribution in [3.8, 4) is 0 Å². The summed E-state index contributed by atoms with van der Waals surface area (Å²) in [6.45, 7) is 3.53. The van der Waals surface area contributed by atoms with Gasteiger partial charge in [0.1, 0.15) is 6.04 Å². The van der Waals surface area contributed by atoms with Crippen LogP contribution in [0.15, 0.2) is 12.3 Å². The number of aryl methyl sites for hydroxylation is 1. The van der Waals surface area contributed by atoms with E-state index in [0.717, 1.165) is 5.69 Å². The first-order valence-corrected chi connectivity index (χ1v) is 4.49. The van der Waals surface area contributed by atoms with Crippen molar-refractivity contribution in [3.63, 3.8) is 0 Å². The van der Waals surface area contributed by atoms with E-state index in [2.05, 4.69) is 10.4 Å². The standard InChI is InChI=1S/C9H15N3O2/c1-6(11-7(2)9(13)14)8-4-5-10-12(8)3/h4-7,11H,1-3H3,(H,13,14). The molecule has 0 aliphatic heterocycles. The fourth-order valence-corrected chi connectivity index (χ4v) is 1.34. The second-order valence-electron chi connectivity index (χ2n) is 3.33. The lowest BCUT2D eigenvalue weighted by molar-refractivity contribution is -0.139. The molecule has 1 rings (SSSR count). The molecule has 0 saturated carbocycles. The second kappa shape index (κ2) is 4.23. The first kappa shape index (κ1) is 10.7. The average molecular weight is 197 g/mol. The summed E-state index contributed by atoms with van der Waals surface area (Å²) in [5.74, 6) is -0.848. The van der Waals surface area contributed by atoms with Gasteiger partial charge in [-0.05, 0) is 19.9 Å². The van der Waals surface area contributed by atoms with Crippen LogP contribution in [-0.4, -0.2) is 26.9 Å². The van der Waals surface area contributed by atoms with Gasteiger partial charge in [-0.15, -0.1) is 0 Å². The molecule has 0 radical (unpaired) electrons. The Hall–Kier alpha value is -1.36. The molecule has 0 aliphatic rings. The highest BCUT2D eigenvalue weighted by Crippen LogP contribution is 2.10. The highest BCUT2D eigenvalue weighted by Gasteiger charge is 2.16. The molecular formula is C9H15N3O2. The maximum Gasteiger partial charge on any atom is 0.320 e. The highest BCUT2D eigenvalue weighted by molar-refractivity contribution is 5.72. The van der Waals surface area contributed by atoms with Gasteiger partial charge in [0.2, 0.25) is 0 Å². The van der Waals surface area contributed by atoms with Crippen molar-refractivity contribution in [1.82, 2.24) is 15.1 Å². The largest absolute Gasteiger partial charge is 0.480 e. The average Bonchev–Trinajstić information content (AvgIpc) is 2.51. The number of rotatable bonds is 4. The van der Waals surface area contributed by atoms with E-state index in [1.165, 1.54) is 0 Å². The number of hydrogen-bond donors (Lipinski definition) is 2. The number of carbonyl (C=O) groups is 1. The molecule has 5 heteroatoms. The van der Waals surface area contributed by atoms with Gasteiger partial charge in [-0.25, -0.2) is 0 Å². The minimum Gasteiger partial charge on any atom is -0.480 e. The Balaban J connectivity index is 2.63. The predicted octanol–water partition coefficient (Wildman–Crippen LogP) is 0.544. The van der Waals surface area contributed by atoms with E-state index >= 15 is 0 Å². The molecule has 0 amide bonds. The van der Waals surface area contributed by atoms with Gasteiger partial charge in [0, 0.05) is 19.3 Å². The summed E-state index contributed by atoms with van der Waals surface area (Å²) in [5, 5.41) is 15.7. The van der Waals surface area contributed by atoms with E-state index in [4.69, 9.17) is 5.11 Å². The Bertz CT molecular complexity index is 322. The highest BCUT2D eigenvalue weighted by atomic mass is 16.4. The maximum atomic E-state index is 10.6. The molecule has 14 heavy (non-hydrogen) atoms. The van der Waals surface area contributed by atoms with Gasteiger partial charge < -0.3 is 5.11 Å². The van der Waals surface area contributed by atoms with Crippen LogP contribution in [0.25, 0.3) is 0 Å². The minimum absolute atomic E-state index is 0.0198. The minimum atomic E-state index is -0.848. The molecule has 0 fully saturated rings. The van der Waals surface area contributed by atoms with Crippen LogP contribution in [0, 0.1) is 0 Å².